The zero-order valence-corrected chi connectivity index (χ0v) is 18.0. The molecule has 1 aromatic heterocycles. The molecular weight excluding hydrogens is 471 g/mol. The number of piperazine rings is 1. The zero-order chi connectivity index (χ0) is 16.9. The molecule has 1 saturated heterocycles. The van der Waals surface area contributed by atoms with Gasteiger partial charge in [-0.05, 0) is 31.2 Å². The van der Waals surface area contributed by atoms with Crippen LogP contribution in [0.5, 0.6) is 0 Å². The second-order valence-electron chi connectivity index (χ2n) is 5.66. The van der Waals surface area contributed by atoms with Crippen LogP contribution < -0.4 is 10.6 Å². The monoisotopic (exact) mass is 492 g/mol. The molecule has 0 radical (unpaired) electrons. The zero-order valence-electron chi connectivity index (χ0n) is 14.1. The lowest BCUT2D eigenvalue weighted by atomic mass is 10.2. The molecule has 1 fully saturated rings. The average Bonchev–Trinajstić information content (AvgIpc) is 3.01. The number of aromatic nitrogens is 2. The van der Waals surface area contributed by atoms with Crippen molar-refractivity contribution in [3.05, 3.63) is 39.3 Å². The van der Waals surface area contributed by atoms with E-state index in [1.54, 1.807) is 11.3 Å². The van der Waals surface area contributed by atoms with Gasteiger partial charge in [0.05, 0.1) is 0 Å². The lowest BCUT2D eigenvalue weighted by Gasteiger charge is -2.36. The van der Waals surface area contributed by atoms with Crippen molar-refractivity contribution in [1.29, 1.82) is 0 Å². The van der Waals surface area contributed by atoms with Crippen molar-refractivity contribution in [3.63, 3.8) is 0 Å². The molecule has 136 valence electrons. The number of aliphatic imine (C=N–C) groups is 1. The van der Waals surface area contributed by atoms with Crippen LogP contribution in [0.1, 0.15) is 10.0 Å². The second-order valence-corrected chi connectivity index (χ2v) is 7.36. The number of rotatable bonds is 4. The summed E-state index contributed by atoms with van der Waals surface area (Å²) in [7, 11) is 0. The van der Waals surface area contributed by atoms with Crippen molar-refractivity contribution in [2.75, 3.05) is 37.6 Å². The van der Waals surface area contributed by atoms with Gasteiger partial charge in [-0.15, -0.1) is 45.5 Å². The molecule has 2 aromatic rings. The van der Waals surface area contributed by atoms with E-state index in [0.717, 1.165) is 47.6 Å². The Labute approximate surface area is 174 Å². The number of hydrogen-bond acceptors (Lipinski definition) is 5. The first-order valence-electron chi connectivity index (χ1n) is 7.96. The van der Waals surface area contributed by atoms with Gasteiger partial charge in [-0.3, -0.25) is 4.99 Å². The van der Waals surface area contributed by atoms with Crippen LogP contribution in [0.3, 0.4) is 0 Å². The summed E-state index contributed by atoms with van der Waals surface area (Å²) in [5.41, 5.74) is 7.32. The lowest BCUT2D eigenvalue weighted by Crippen LogP contribution is -2.51. The number of benzene rings is 1. The Morgan fingerprint density at radius 3 is 2.48 bits per heavy atom. The number of nitrogens with two attached hydrogens (primary N) is 1. The molecule has 0 aliphatic carbocycles. The SMILES string of the molecule is Cc1nnc(CCN=C(N)N2CCN(c3ccc(Cl)cc3)CC2)s1.I. The van der Waals surface area contributed by atoms with Crippen LogP contribution >= 0.6 is 46.9 Å². The van der Waals surface area contributed by atoms with Crippen LogP contribution in [0.15, 0.2) is 29.3 Å². The van der Waals surface area contributed by atoms with Crippen molar-refractivity contribution < 1.29 is 0 Å². The fraction of sp³-hybridized carbons (Fsp3) is 0.438. The Hall–Kier alpha value is -1.13. The predicted octanol–water partition coefficient (Wildman–Crippen LogP) is 2.80. The molecule has 9 heteroatoms. The summed E-state index contributed by atoms with van der Waals surface area (Å²) in [6.07, 6.45) is 0.789. The van der Waals surface area contributed by atoms with Gasteiger partial charge in [0.1, 0.15) is 10.0 Å². The van der Waals surface area contributed by atoms with Gasteiger partial charge in [-0.2, -0.15) is 0 Å². The minimum atomic E-state index is 0. The van der Waals surface area contributed by atoms with Gasteiger partial charge in [-0.1, -0.05) is 11.6 Å². The normalized spacial score (nSPS) is 15.2. The molecule has 25 heavy (non-hydrogen) atoms. The predicted molar refractivity (Wildman–Crippen MR) is 115 cm³/mol. The minimum absolute atomic E-state index is 0. The molecule has 0 spiro atoms. The van der Waals surface area contributed by atoms with Gasteiger partial charge in [0.2, 0.25) is 0 Å². The first kappa shape index (κ1) is 20.2. The van der Waals surface area contributed by atoms with Gasteiger partial charge in [0.25, 0.3) is 0 Å². The molecule has 0 bridgehead atoms. The average molecular weight is 493 g/mol. The molecule has 1 aliphatic rings. The second kappa shape index (κ2) is 9.54. The highest BCUT2D eigenvalue weighted by atomic mass is 127. The third kappa shape index (κ3) is 5.68. The largest absolute Gasteiger partial charge is 0.370 e. The third-order valence-corrected chi connectivity index (χ3v) is 5.11. The smallest absolute Gasteiger partial charge is 0.191 e. The van der Waals surface area contributed by atoms with Crippen LogP contribution in [0.2, 0.25) is 5.02 Å². The third-order valence-electron chi connectivity index (χ3n) is 3.96. The number of guanidine groups is 1. The number of aryl methyl sites for hydroxylation is 1. The van der Waals surface area contributed by atoms with Crippen LogP contribution in [0, 0.1) is 6.92 Å². The van der Waals surface area contributed by atoms with E-state index in [4.69, 9.17) is 17.3 Å². The van der Waals surface area contributed by atoms with E-state index in [-0.39, 0.29) is 24.0 Å². The molecule has 3 rings (SSSR count). The van der Waals surface area contributed by atoms with Crippen molar-refractivity contribution in [2.45, 2.75) is 13.3 Å². The molecule has 6 nitrogen and oxygen atoms in total. The molecule has 2 heterocycles. The fourth-order valence-corrected chi connectivity index (χ4v) is 3.47. The van der Waals surface area contributed by atoms with E-state index in [2.05, 4.69) is 37.1 Å². The number of hydrogen-bond donors (Lipinski definition) is 1. The summed E-state index contributed by atoms with van der Waals surface area (Å²) in [6, 6.07) is 7.96. The molecule has 0 saturated carbocycles. The maximum Gasteiger partial charge on any atom is 0.191 e. The maximum atomic E-state index is 6.13. The Kier molecular flexibility index (Phi) is 7.70. The minimum Gasteiger partial charge on any atom is -0.370 e. The molecule has 1 aliphatic heterocycles. The highest BCUT2D eigenvalue weighted by Gasteiger charge is 2.18. The Morgan fingerprint density at radius 1 is 1.20 bits per heavy atom. The molecule has 2 N–H and O–H groups in total. The Bertz CT molecular complexity index is 697. The number of anilines is 1. The quantitative estimate of drug-likeness (QED) is 0.404. The van der Waals surface area contributed by atoms with Crippen LogP contribution in [-0.2, 0) is 6.42 Å². The maximum absolute atomic E-state index is 6.13. The molecule has 0 atom stereocenters. The number of halogens is 2. The van der Waals surface area contributed by atoms with Crippen LogP contribution in [-0.4, -0.2) is 53.8 Å². The van der Waals surface area contributed by atoms with E-state index in [0.29, 0.717) is 12.5 Å². The summed E-state index contributed by atoms with van der Waals surface area (Å²) in [4.78, 5) is 8.96. The van der Waals surface area contributed by atoms with Gasteiger partial charge in [0, 0.05) is 49.9 Å². The number of nitrogens with zero attached hydrogens (tertiary/aromatic N) is 5. The highest BCUT2D eigenvalue weighted by molar-refractivity contribution is 14.0. The van der Waals surface area contributed by atoms with Gasteiger partial charge in [-0.25, -0.2) is 0 Å². The van der Waals surface area contributed by atoms with Crippen molar-refractivity contribution in [2.24, 2.45) is 10.7 Å². The van der Waals surface area contributed by atoms with E-state index < -0.39 is 0 Å². The van der Waals surface area contributed by atoms with E-state index in [9.17, 15) is 0 Å². The fourth-order valence-electron chi connectivity index (χ4n) is 2.65. The van der Waals surface area contributed by atoms with E-state index in [1.165, 1.54) is 5.69 Å². The summed E-state index contributed by atoms with van der Waals surface area (Å²) in [6.45, 7) is 6.20. The van der Waals surface area contributed by atoms with Gasteiger partial charge in [0.15, 0.2) is 5.96 Å². The first-order valence-corrected chi connectivity index (χ1v) is 9.15. The van der Waals surface area contributed by atoms with Crippen LogP contribution in [0.4, 0.5) is 5.69 Å². The molecule has 0 unspecified atom stereocenters. The van der Waals surface area contributed by atoms with Crippen LogP contribution in [0.25, 0.3) is 0 Å². The van der Waals surface area contributed by atoms with Gasteiger partial charge < -0.3 is 15.5 Å². The summed E-state index contributed by atoms with van der Waals surface area (Å²) < 4.78 is 0. The summed E-state index contributed by atoms with van der Waals surface area (Å²) >= 11 is 7.55. The van der Waals surface area contributed by atoms with Crippen molar-refractivity contribution >= 4 is 58.6 Å². The molecule has 0 amide bonds. The first-order chi connectivity index (χ1) is 11.6. The molecule has 1 aromatic carbocycles. The standard InChI is InChI=1S/C16H21ClN6S.HI/c1-12-20-21-15(24-12)6-7-19-16(18)23-10-8-22(9-11-23)14-4-2-13(17)3-5-14;/h2-5H,6-11H2,1H3,(H2,18,19);1H. The topological polar surface area (TPSA) is 70.6 Å². The highest BCUT2D eigenvalue weighted by Crippen LogP contribution is 2.19. The Balaban J connectivity index is 0.00000225. The molecular formula is C16H22ClIN6S. The van der Waals surface area contributed by atoms with Crippen molar-refractivity contribution in [1.82, 2.24) is 15.1 Å². The summed E-state index contributed by atoms with van der Waals surface area (Å²) in [5.74, 6) is 0.618. The lowest BCUT2D eigenvalue weighted by molar-refractivity contribution is 0.381. The van der Waals surface area contributed by atoms with Gasteiger partial charge >= 0.3 is 0 Å². The van der Waals surface area contributed by atoms with E-state index >= 15 is 0 Å². The summed E-state index contributed by atoms with van der Waals surface area (Å²) in [5, 5.41) is 10.9. The Morgan fingerprint density at radius 2 is 1.88 bits per heavy atom. The van der Waals surface area contributed by atoms with Crippen molar-refractivity contribution in [3.8, 4) is 0 Å². The van der Waals surface area contributed by atoms with E-state index in [1.807, 2.05) is 19.1 Å².